The van der Waals surface area contributed by atoms with Crippen LogP contribution in [-0.2, 0) is 4.79 Å². The summed E-state index contributed by atoms with van der Waals surface area (Å²) in [5, 5.41) is 5.71. The molecule has 2 fully saturated rings. The van der Waals surface area contributed by atoms with Gasteiger partial charge in [-0.3, -0.25) is 9.69 Å². The van der Waals surface area contributed by atoms with E-state index in [-0.39, 0.29) is 17.9 Å². The maximum atomic E-state index is 12.0. The second-order valence-electron chi connectivity index (χ2n) is 4.98. The highest BCUT2D eigenvalue weighted by Gasteiger charge is 2.23. The normalized spacial score (nSPS) is 21.9. The minimum absolute atomic E-state index is 0.0650. The van der Waals surface area contributed by atoms with E-state index in [9.17, 15) is 9.59 Å². The van der Waals surface area contributed by atoms with Gasteiger partial charge in [-0.25, -0.2) is 4.79 Å². The average Bonchev–Trinajstić information content (AvgIpc) is 3.11. The van der Waals surface area contributed by atoms with Gasteiger partial charge in [-0.05, 0) is 36.4 Å². The van der Waals surface area contributed by atoms with E-state index in [1.807, 2.05) is 36.0 Å². The summed E-state index contributed by atoms with van der Waals surface area (Å²) in [6.45, 7) is 1.36. The van der Waals surface area contributed by atoms with Crippen molar-refractivity contribution < 1.29 is 9.59 Å². The van der Waals surface area contributed by atoms with E-state index in [4.69, 9.17) is 0 Å². The number of nitrogens with one attached hydrogen (secondary N) is 2. The van der Waals surface area contributed by atoms with Gasteiger partial charge in [0.25, 0.3) is 0 Å². The highest BCUT2D eigenvalue weighted by molar-refractivity contribution is 7.99. The molecule has 106 valence electrons. The Morgan fingerprint density at radius 3 is 2.75 bits per heavy atom. The molecule has 20 heavy (non-hydrogen) atoms. The largest absolute Gasteiger partial charge is 0.336 e. The Hall–Kier alpha value is -1.69. The molecular weight excluding hydrogens is 274 g/mol. The molecule has 1 unspecified atom stereocenters. The van der Waals surface area contributed by atoms with Gasteiger partial charge in [-0.15, -0.1) is 0 Å². The lowest BCUT2D eigenvalue weighted by Gasteiger charge is -2.15. The summed E-state index contributed by atoms with van der Waals surface area (Å²) in [4.78, 5) is 25.3. The Morgan fingerprint density at radius 2 is 2.15 bits per heavy atom. The number of urea groups is 1. The fourth-order valence-corrected chi connectivity index (χ4v) is 3.65. The van der Waals surface area contributed by atoms with E-state index < -0.39 is 0 Å². The fourth-order valence-electron chi connectivity index (χ4n) is 2.43. The van der Waals surface area contributed by atoms with Crippen LogP contribution in [0.25, 0.3) is 0 Å². The molecule has 0 bridgehead atoms. The molecule has 1 atom stereocenters. The molecule has 2 saturated heterocycles. The lowest BCUT2D eigenvalue weighted by molar-refractivity contribution is -0.119. The first-order chi connectivity index (χ1) is 9.74. The number of benzene rings is 1. The van der Waals surface area contributed by atoms with Crippen molar-refractivity contribution in [1.82, 2.24) is 5.32 Å². The molecule has 6 heteroatoms. The van der Waals surface area contributed by atoms with Gasteiger partial charge in [-0.1, -0.05) is 0 Å². The van der Waals surface area contributed by atoms with E-state index in [1.165, 1.54) is 0 Å². The highest BCUT2D eigenvalue weighted by Crippen LogP contribution is 2.25. The highest BCUT2D eigenvalue weighted by atomic mass is 32.2. The molecule has 0 aliphatic carbocycles. The molecule has 0 saturated carbocycles. The number of carbonyl (C=O) groups excluding carboxylic acids is 2. The Labute approximate surface area is 122 Å². The van der Waals surface area contributed by atoms with E-state index in [0.717, 1.165) is 29.3 Å². The van der Waals surface area contributed by atoms with Crippen molar-refractivity contribution in [2.75, 3.05) is 34.8 Å². The molecular formula is C14H17N3O2S. The minimum atomic E-state index is -0.0650. The quantitative estimate of drug-likeness (QED) is 0.894. The van der Waals surface area contributed by atoms with Crippen molar-refractivity contribution in [3.05, 3.63) is 24.3 Å². The standard InChI is InChI=1S/C14H17N3O2S/c18-13(10-5-8-20-9-10)16-11-1-3-12(4-2-11)17-7-6-15-14(17)19/h1-4,10H,5-9H2,(H,15,19)(H,16,18). The zero-order chi connectivity index (χ0) is 13.9. The molecule has 3 amide bonds. The van der Waals surface area contributed by atoms with Crippen LogP contribution in [0.3, 0.4) is 0 Å². The Kier molecular flexibility index (Phi) is 3.82. The summed E-state index contributed by atoms with van der Waals surface area (Å²) in [6, 6.07) is 7.36. The summed E-state index contributed by atoms with van der Waals surface area (Å²) in [5.41, 5.74) is 1.64. The third-order valence-electron chi connectivity index (χ3n) is 3.60. The van der Waals surface area contributed by atoms with Gasteiger partial charge in [-0.2, -0.15) is 11.8 Å². The SMILES string of the molecule is O=C(Nc1ccc(N2CCNC2=O)cc1)C1CCSC1. The second kappa shape index (κ2) is 5.75. The fraction of sp³-hybridized carbons (Fsp3) is 0.429. The first-order valence-electron chi connectivity index (χ1n) is 6.78. The monoisotopic (exact) mass is 291 g/mol. The van der Waals surface area contributed by atoms with Crippen molar-refractivity contribution >= 4 is 35.1 Å². The molecule has 1 aromatic rings. The Bertz CT molecular complexity index is 512. The van der Waals surface area contributed by atoms with Crippen molar-refractivity contribution in [2.24, 2.45) is 5.92 Å². The predicted octanol–water partition coefficient (Wildman–Crippen LogP) is 1.91. The van der Waals surface area contributed by atoms with Crippen LogP contribution < -0.4 is 15.5 Å². The lowest BCUT2D eigenvalue weighted by atomic mass is 10.1. The summed E-state index contributed by atoms with van der Waals surface area (Å²) >= 11 is 1.83. The number of anilines is 2. The van der Waals surface area contributed by atoms with Gasteiger partial charge >= 0.3 is 6.03 Å². The molecule has 2 aliphatic heterocycles. The second-order valence-corrected chi connectivity index (χ2v) is 6.13. The van der Waals surface area contributed by atoms with Crippen molar-refractivity contribution in [2.45, 2.75) is 6.42 Å². The maximum absolute atomic E-state index is 12.0. The Balaban J connectivity index is 1.63. The third-order valence-corrected chi connectivity index (χ3v) is 4.77. The van der Waals surface area contributed by atoms with Gasteiger partial charge in [0.05, 0.1) is 0 Å². The van der Waals surface area contributed by atoms with Crippen molar-refractivity contribution in [3.8, 4) is 0 Å². The molecule has 2 N–H and O–H groups in total. The zero-order valence-electron chi connectivity index (χ0n) is 11.1. The van der Waals surface area contributed by atoms with Gasteiger partial charge in [0.15, 0.2) is 0 Å². The average molecular weight is 291 g/mol. The zero-order valence-corrected chi connectivity index (χ0v) is 11.9. The van der Waals surface area contributed by atoms with Crippen LogP contribution in [0.1, 0.15) is 6.42 Å². The number of amides is 3. The number of thioether (sulfide) groups is 1. The van der Waals surface area contributed by atoms with Crippen LogP contribution in [-0.4, -0.2) is 36.5 Å². The summed E-state index contributed by atoms with van der Waals surface area (Å²) in [5.74, 6) is 2.21. The van der Waals surface area contributed by atoms with Crippen LogP contribution in [0.4, 0.5) is 16.2 Å². The van der Waals surface area contributed by atoms with Crippen LogP contribution in [0, 0.1) is 5.92 Å². The summed E-state index contributed by atoms with van der Waals surface area (Å²) < 4.78 is 0. The number of rotatable bonds is 3. The van der Waals surface area contributed by atoms with Crippen LogP contribution in [0.15, 0.2) is 24.3 Å². The summed E-state index contributed by atoms with van der Waals surface area (Å²) in [6.07, 6.45) is 0.961. The molecule has 0 radical (unpaired) electrons. The van der Waals surface area contributed by atoms with Gasteiger partial charge in [0, 0.05) is 36.1 Å². The first-order valence-corrected chi connectivity index (χ1v) is 7.93. The number of nitrogens with zero attached hydrogens (tertiary/aromatic N) is 1. The van der Waals surface area contributed by atoms with Crippen molar-refractivity contribution in [3.63, 3.8) is 0 Å². The molecule has 5 nitrogen and oxygen atoms in total. The van der Waals surface area contributed by atoms with Gasteiger partial charge in [0.2, 0.25) is 5.91 Å². The van der Waals surface area contributed by atoms with Crippen LogP contribution >= 0.6 is 11.8 Å². The lowest BCUT2D eigenvalue weighted by Crippen LogP contribution is -2.27. The number of hydrogen-bond donors (Lipinski definition) is 2. The Morgan fingerprint density at radius 1 is 1.35 bits per heavy atom. The van der Waals surface area contributed by atoms with Crippen molar-refractivity contribution in [1.29, 1.82) is 0 Å². The van der Waals surface area contributed by atoms with E-state index in [2.05, 4.69) is 10.6 Å². The minimum Gasteiger partial charge on any atom is -0.336 e. The molecule has 2 heterocycles. The van der Waals surface area contributed by atoms with Gasteiger partial charge < -0.3 is 10.6 Å². The first kappa shape index (κ1) is 13.3. The van der Waals surface area contributed by atoms with Gasteiger partial charge in [0.1, 0.15) is 0 Å². The molecule has 2 aliphatic rings. The molecule has 3 rings (SSSR count). The number of hydrogen-bond acceptors (Lipinski definition) is 3. The van der Waals surface area contributed by atoms with E-state index in [0.29, 0.717) is 13.1 Å². The van der Waals surface area contributed by atoms with E-state index >= 15 is 0 Å². The topological polar surface area (TPSA) is 61.4 Å². The smallest absolute Gasteiger partial charge is 0.321 e. The molecule has 1 aromatic carbocycles. The van der Waals surface area contributed by atoms with E-state index in [1.54, 1.807) is 4.90 Å². The third kappa shape index (κ3) is 2.75. The maximum Gasteiger partial charge on any atom is 0.321 e. The predicted molar refractivity (Wildman–Crippen MR) is 81.2 cm³/mol. The number of carbonyl (C=O) groups is 2. The molecule has 0 aromatic heterocycles. The van der Waals surface area contributed by atoms with Crippen LogP contribution in [0.5, 0.6) is 0 Å². The molecule has 0 spiro atoms. The summed E-state index contributed by atoms with van der Waals surface area (Å²) in [7, 11) is 0. The van der Waals surface area contributed by atoms with Crippen LogP contribution in [0.2, 0.25) is 0 Å².